The van der Waals surface area contributed by atoms with Gasteiger partial charge in [0.1, 0.15) is 6.10 Å². The fourth-order valence-corrected chi connectivity index (χ4v) is 0.738. The molecule has 1 N–H and O–H groups in total. The van der Waals surface area contributed by atoms with Gasteiger partial charge >= 0.3 is 6.16 Å². The molecule has 1 fully saturated rings. The third kappa shape index (κ3) is 1.92. The van der Waals surface area contributed by atoms with E-state index in [2.05, 4.69) is 11.3 Å². The van der Waals surface area contributed by atoms with Crippen molar-refractivity contribution in [2.45, 2.75) is 12.4 Å². The van der Waals surface area contributed by atoms with Crippen molar-refractivity contribution in [2.24, 2.45) is 0 Å². The standard InChI is InChI=1S/C6H8O5/c1-2-4-5(10-3-9-4)11-6(7)8/h2,4-5H,1,3H2,(H,7,8). The van der Waals surface area contributed by atoms with E-state index in [0.29, 0.717) is 0 Å². The Bertz CT molecular complexity index is 166. The van der Waals surface area contributed by atoms with E-state index in [1.54, 1.807) is 0 Å². The molecule has 1 rings (SSSR count). The van der Waals surface area contributed by atoms with E-state index in [-0.39, 0.29) is 6.79 Å². The van der Waals surface area contributed by atoms with Gasteiger partial charge in [0.2, 0.25) is 6.29 Å². The Hall–Kier alpha value is -1.07. The molecule has 0 aromatic rings. The van der Waals surface area contributed by atoms with Crippen LogP contribution in [0.25, 0.3) is 0 Å². The topological polar surface area (TPSA) is 65.0 Å². The van der Waals surface area contributed by atoms with E-state index in [1.165, 1.54) is 6.08 Å². The summed E-state index contributed by atoms with van der Waals surface area (Å²) in [5, 5.41) is 8.20. The lowest BCUT2D eigenvalue weighted by Crippen LogP contribution is -2.25. The number of rotatable bonds is 2. The second kappa shape index (κ2) is 3.36. The van der Waals surface area contributed by atoms with Gasteiger partial charge in [-0.2, -0.15) is 0 Å². The van der Waals surface area contributed by atoms with Crippen LogP contribution in [0.3, 0.4) is 0 Å². The van der Waals surface area contributed by atoms with Gasteiger partial charge < -0.3 is 19.3 Å². The molecular formula is C6H8O5. The Kier molecular flexibility index (Phi) is 2.45. The highest BCUT2D eigenvalue weighted by Gasteiger charge is 2.29. The Morgan fingerprint density at radius 3 is 3.00 bits per heavy atom. The van der Waals surface area contributed by atoms with Crippen LogP contribution in [-0.2, 0) is 14.2 Å². The monoisotopic (exact) mass is 160 g/mol. The van der Waals surface area contributed by atoms with Crippen LogP contribution in [0.4, 0.5) is 4.79 Å². The minimum atomic E-state index is -1.38. The lowest BCUT2D eigenvalue weighted by atomic mass is 10.3. The number of carbonyl (C=O) groups is 1. The zero-order valence-corrected chi connectivity index (χ0v) is 5.73. The van der Waals surface area contributed by atoms with Crippen LogP contribution in [0.1, 0.15) is 0 Å². The molecule has 0 amide bonds. The third-order valence-corrected chi connectivity index (χ3v) is 1.21. The molecule has 0 aliphatic carbocycles. The first-order valence-corrected chi connectivity index (χ1v) is 2.99. The minimum Gasteiger partial charge on any atom is -0.450 e. The molecule has 0 aromatic heterocycles. The van der Waals surface area contributed by atoms with E-state index in [0.717, 1.165) is 0 Å². The molecule has 2 unspecified atom stereocenters. The maximum absolute atomic E-state index is 10.0. The summed E-state index contributed by atoms with van der Waals surface area (Å²) in [7, 11) is 0. The first kappa shape index (κ1) is 8.03. The molecule has 2 atom stereocenters. The Balaban J connectivity index is 2.43. The number of hydrogen-bond donors (Lipinski definition) is 1. The Morgan fingerprint density at radius 1 is 1.73 bits per heavy atom. The molecule has 5 nitrogen and oxygen atoms in total. The van der Waals surface area contributed by atoms with Crippen LogP contribution >= 0.6 is 0 Å². The van der Waals surface area contributed by atoms with Crippen LogP contribution < -0.4 is 0 Å². The van der Waals surface area contributed by atoms with Gasteiger partial charge in [0.15, 0.2) is 6.79 Å². The van der Waals surface area contributed by atoms with Crippen molar-refractivity contribution in [3.8, 4) is 0 Å². The van der Waals surface area contributed by atoms with E-state index >= 15 is 0 Å². The summed E-state index contributed by atoms with van der Waals surface area (Å²) in [6.07, 6.45) is -1.32. The molecule has 0 aromatic carbocycles. The molecule has 0 bridgehead atoms. The van der Waals surface area contributed by atoms with Crippen molar-refractivity contribution in [3.05, 3.63) is 12.7 Å². The fraction of sp³-hybridized carbons (Fsp3) is 0.500. The number of carboxylic acid groups (broad SMARTS) is 1. The van der Waals surface area contributed by atoms with Crippen molar-refractivity contribution in [2.75, 3.05) is 6.79 Å². The molecule has 11 heavy (non-hydrogen) atoms. The molecular weight excluding hydrogens is 152 g/mol. The van der Waals surface area contributed by atoms with Gasteiger partial charge in [-0.25, -0.2) is 4.79 Å². The summed E-state index contributed by atoms with van der Waals surface area (Å²) in [5.41, 5.74) is 0. The zero-order chi connectivity index (χ0) is 8.27. The van der Waals surface area contributed by atoms with Crippen LogP contribution in [0.15, 0.2) is 12.7 Å². The van der Waals surface area contributed by atoms with E-state index in [4.69, 9.17) is 14.6 Å². The summed E-state index contributed by atoms with van der Waals surface area (Å²) in [6.45, 7) is 3.46. The summed E-state index contributed by atoms with van der Waals surface area (Å²) < 4.78 is 14.0. The minimum absolute atomic E-state index is 0.0363. The molecule has 1 saturated heterocycles. The van der Waals surface area contributed by atoms with Crippen molar-refractivity contribution in [3.63, 3.8) is 0 Å². The average molecular weight is 160 g/mol. The van der Waals surface area contributed by atoms with Crippen LogP contribution in [0.2, 0.25) is 0 Å². The van der Waals surface area contributed by atoms with Gasteiger partial charge in [0, 0.05) is 0 Å². The van der Waals surface area contributed by atoms with Gasteiger partial charge in [-0.15, -0.1) is 6.58 Å². The van der Waals surface area contributed by atoms with Gasteiger partial charge in [0.05, 0.1) is 0 Å². The second-order valence-corrected chi connectivity index (χ2v) is 1.90. The molecule has 0 radical (unpaired) electrons. The molecule has 62 valence electrons. The quantitative estimate of drug-likeness (QED) is 0.472. The van der Waals surface area contributed by atoms with Crippen LogP contribution in [-0.4, -0.2) is 30.4 Å². The highest BCUT2D eigenvalue weighted by molar-refractivity contribution is 5.57. The van der Waals surface area contributed by atoms with Crippen LogP contribution in [0.5, 0.6) is 0 Å². The van der Waals surface area contributed by atoms with Crippen molar-refractivity contribution in [1.29, 1.82) is 0 Å². The highest BCUT2D eigenvalue weighted by Crippen LogP contribution is 2.14. The molecule has 0 spiro atoms. The highest BCUT2D eigenvalue weighted by atomic mass is 16.8. The number of hydrogen-bond acceptors (Lipinski definition) is 4. The maximum Gasteiger partial charge on any atom is 0.508 e. The van der Waals surface area contributed by atoms with Gasteiger partial charge in [0.25, 0.3) is 0 Å². The Labute approximate surface area is 63.2 Å². The van der Waals surface area contributed by atoms with Crippen molar-refractivity contribution < 1.29 is 24.1 Å². The lowest BCUT2D eigenvalue weighted by Gasteiger charge is -2.10. The zero-order valence-electron chi connectivity index (χ0n) is 5.73. The fourth-order valence-electron chi connectivity index (χ4n) is 0.738. The first-order valence-electron chi connectivity index (χ1n) is 2.99. The van der Waals surface area contributed by atoms with E-state index < -0.39 is 18.5 Å². The summed E-state index contributed by atoms with van der Waals surface area (Å²) in [4.78, 5) is 10.0. The van der Waals surface area contributed by atoms with Gasteiger partial charge in [-0.1, -0.05) is 6.08 Å². The molecule has 1 aliphatic heterocycles. The normalized spacial score (nSPS) is 29.8. The van der Waals surface area contributed by atoms with E-state index in [1.807, 2.05) is 0 Å². The second-order valence-electron chi connectivity index (χ2n) is 1.90. The predicted molar refractivity (Wildman–Crippen MR) is 33.9 cm³/mol. The van der Waals surface area contributed by atoms with E-state index in [9.17, 15) is 4.79 Å². The smallest absolute Gasteiger partial charge is 0.450 e. The first-order chi connectivity index (χ1) is 5.24. The summed E-state index contributed by atoms with van der Waals surface area (Å²) >= 11 is 0. The largest absolute Gasteiger partial charge is 0.508 e. The SMILES string of the molecule is C=CC1OCOC1OC(=O)O. The number of ether oxygens (including phenoxy) is 3. The molecule has 1 aliphatic rings. The van der Waals surface area contributed by atoms with Gasteiger partial charge in [-0.05, 0) is 0 Å². The van der Waals surface area contributed by atoms with Gasteiger partial charge in [-0.3, -0.25) is 0 Å². The maximum atomic E-state index is 10.0. The summed E-state index contributed by atoms with van der Waals surface area (Å²) in [5.74, 6) is 0. The Morgan fingerprint density at radius 2 is 2.45 bits per heavy atom. The lowest BCUT2D eigenvalue weighted by molar-refractivity contribution is -0.0860. The van der Waals surface area contributed by atoms with Crippen LogP contribution in [0, 0.1) is 0 Å². The molecule has 0 saturated carbocycles. The third-order valence-electron chi connectivity index (χ3n) is 1.21. The molecule has 1 heterocycles. The van der Waals surface area contributed by atoms with Crippen molar-refractivity contribution >= 4 is 6.16 Å². The van der Waals surface area contributed by atoms with Crippen molar-refractivity contribution in [1.82, 2.24) is 0 Å². The predicted octanol–water partition coefficient (Wildman–Crippen LogP) is 0.566. The average Bonchev–Trinajstić information content (AvgIpc) is 2.34. The summed E-state index contributed by atoms with van der Waals surface area (Å²) in [6, 6.07) is 0. The molecule has 5 heteroatoms.